The number of hydrogen-bond donors (Lipinski definition) is 8. The molecule has 0 saturated carbocycles. The molecule has 2 aliphatic rings. The van der Waals surface area contributed by atoms with Crippen molar-refractivity contribution < 1.29 is 62.2 Å². The zero-order valence-corrected chi connectivity index (χ0v) is 20.4. The average Bonchev–Trinajstić information content (AvgIpc) is 3.14. The Labute approximate surface area is 202 Å². The van der Waals surface area contributed by atoms with Gasteiger partial charge in [0.15, 0.2) is 6.29 Å². The molecule has 1 aromatic heterocycles. The number of nitrogens with one attached hydrogen (secondary N) is 1. The largest absolute Gasteiger partial charge is 0.486 e. The first-order valence-corrected chi connectivity index (χ1v) is 13.4. The predicted molar refractivity (Wildman–Crippen MR) is 114 cm³/mol. The molecule has 2 unspecified atom stereocenters. The van der Waals surface area contributed by atoms with Gasteiger partial charge in [0.25, 0.3) is 5.56 Å². The quantitative estimate of drug-likeness (QED) is 0.135. The lowest BCUT2D eigenvalue weighted by atomic mass is 9.98. The molecule has 2 saturated heterocycles. The summed E-state index contributed by atoms with van der Waals surface area (Å²) < 4.78 is 50.1. The molecule has 20 heteroatoms. The van der Waals surface area contributed by atoms with E-state index < -0.39 is 89.2 Å². The van der Waals surface area contributed by atoms with Crippen LogP contribution in [0.15, 0.2) is 15.8 Å². The fourth-order valence-corrected chi connectivity index (χ4v) is 5.75. The molecule has 2 fully saturated rings. The molecule has 9 atom stereocenters. The molecule has 3 rings (SSSR count). The third kappa shape index (κ3) is 6.75. The number of phosphoric acid groups is 2. The average molecular weight is 563 g/mol. The summed E-state index contributed by atoms with van der Waals surface area (Å²) >= 11 is 0. The second-order valence-electron chi connectivity index (χ2n) is 8.12. The summed E-state index contributed by atoms with van der Waals surface area (Å²) in [6.07, 6.45) is -9.52. The van der Waals surface area contributed by atoms with Crippen LogP contribution >= 0.6 is 15.6 Å². The number of aromatic nitrogens is 2. The molecule has 9 N–H and O–H groups in total. The van der Waals surface area contributed by atoms with E-state index >= 15 is 0 Å². The van der Waals surface area contributed by atoms with Gasteiger partial charge in [0.1, 0.15) is 30.6 Å². The lowest BCUT2D eigenvalue weighted by Crippen LogP contribution is -2.62. The van der Waals surface area contributed by atoms with Crippen molar-refractivity contribution in [3.05, 3.63) is 32.6 Å². The summed E-state index contributed by atoms with van der Waals surface area (Å²) in [5.41, 5.74) is 4.40. The van der Waals surface area contributed by atoms with Gasteiger partial charge in [-0.25, -0.2) is 13.9 Å². The molecule has 1 aromatic rings. The molecule has 2 aliphatic heterocycles. The zero-order chi connectivity index (χ0) is 27.0. The Morgan fingerprint density at radius 2 is 1.83 bits per heavy atom. The van der Waals surface area contributed by atoms with Crippen LogP contribution in [0.3, 0.4) is 0 Å². The van der Waals surface area contributed by atoms with Crippen molar-refractivity contribution in [3.63, 3.8) is 0 Å². The van der Waals surface area contributed by atoms with Crippen molar-refractivity contribution in [2.24, 2.45) is 5.73 Å². The summed E-state index contributed by atoms with van der Waals surface area (Å²) in [5.74, 6) is 0. The van der Waals surface area contributed by atoms with E-state index in [1.54, 1.807) is 0 Å². The summed E-state index contributed by atoms with van der Waals surface area (Å²) in [4.78, 5) is 44.0. The Morgan fingerprint density at radius 1 is 1.17 bits per heavy atom. The molecule has 0 aromatic carbocycles. The van der Waals surface area contributed by atoms with Crippen molar-refractivity contribution in [1.29, 1.82) is 0 Å². The van der Waals surface area contributed by atoms with Crippen LogP contribution in [-0.4, -0.2) is 95.8 Å². The number of hydrogen-bond acceptors (Lipinski definition) is 14. The lowest BCUT2D eigenvalue weighted by molar-refractivity contribution is -0.243. The van der Waals surface area contributed by atoms with Crippen molar-refractivity contribution >= 4 is 15.6 Å². The molecule has 0 spiro atoms. The van der Waals surface area contributed by atoms with E-state index in [2.05, 4.69) is 9.29 Å². The van der Waals surface area contributed by atoms with Gasteiger partial charge < -0.3 is 45.4 Å². The third-order valence-corrected chi connectivity index (χ3v) is 8.01. The molecule has 206 valence electrons. The number of aryl methyl sites for hydroxylation is 1. The fourth-order valence-electron chi connectivity index (χ4n) is 3.53. The van der Waals surface area contributed by atoms with E-state index in [-0.39, 0.29) is 12.0 Å². The van der Waals surface area contributed by atoms with E-state index in [1.165, 1.54) is 13.1 Å². The maximum Gasteiger partial charge on any atom is 0.486 e. The van der Waals surface area contributed by atoms with Gasteiger partial charge in [0, 0.05) is 18.2 Å². The highest BCUT2D eigenvalue weighted by Gasteiger charge is 2.49. The molecule has 36 heavy (non-hydrogen) atoms. The van der Waals surface area contributed by atoms with Crippen molar-refractivity contribution in [3.8, 4) is 0 Å². The van der Waals surface area contributed by atoms with Gasteiger partial charge in [-0.05, 0) is 6.92 Å². The Kier molecular flexibility index (Phi) is 9.08. The van der Waals surface area contributed by atoms with Crippen molar-refractivity contribution in [2.75, 3.05) is 13.2 Å². The summed E-state index contributed by atoms with van der Waals surface area (Å²) in [5, 5.41) is 39.4. The molecule has 0 radical (unpaired) electrons. The van der Waals surface area contributed by atoms with Crippen LogP contribution in [0.25, 0.3) is 0 Å². The Morgan fingerprint density at radius 3 is 2.44 bits per heavy atom. The highest BCUT2D eigenvalue weighted by Crippen LogP contribution is 2.62. The Bertz CT molecular complexity index is 1130. The second-order valence-corrected chi connectivity index (χ2v) is 11.1. The molecule has 0 bridgehead atoms. The topological polar surface area (TPSA) is 283 Å². The van der Waals surface area contributed by atoms with E-state index in [4.69, 9.17) is 34.0 Å². The fraction of sp³-hybridized carbons (Fsp3) is 0.750. The van der Waals surface area contributed by atoms with Crippen LogP contribution in [0.4, 0.5) is 0 Å². The second kappa shape index (κ2) is 11.2. The van der Waals surface area contributed by atoms with Crippen molar-refractivity contribution in [2.45, 2.75) is 62.4 Å². The van der Waals surface area contributed by atoms with Gasteiger partial charge in [0.05, 0.1) is 25.4 Å². The van der Waals surface area contributed by atoms with Crippen LogP contribution in [0.2, 0.25) is 0 Å². The number of aromatic amines is 1. The number of aliphatic hydroxyl groups excluding tert-OH is 4. The van der Waals surface area contributed by atoms with E-state index in [1.807, 2.05) is 0 Å². The molecule has 0 aliphatic carbocycles. The molecular weight excluding hydrogens is 536 g/mol. The normalized spacial score (nSPS) is 35.0. The number of nitrogens with two attached hydrogens (primary N) is 1. The standard InChI is InChI=1S/C16H27N3O15P2/c1-6-3-19(16(25)18-14(6)24)10-2-7(21)9(31-10)5-30-36(29,34-35(26,27)28)33-15-11(17)13(23)12(22)8(4-20)32-15/h3,7-13,15,20-23H,2,4-5,17H2,1H3,(H,18,24,25)(H2,26,27,28)/t7?,8-,9-,10-,11+,12-,13-,15+,36?/m1/s1. The zero-order valence-electron chi connectivity index (χ0n) is 18.6. The molecular formula is C16H27N3O15P2. The van der Waals surface area contributed by atoms with E-state index in [0.29, 0.717) is 0 Å². The summed E-state index contributed by atoms with van der Waals surface area (Å²) in [7, 11) is -10.8. The number of phosphoric ester groups is 1. The van der Waals surface area contributed by atoms with Crippen LogP contribution in [0.1, 0.15) is 18.2 Å². The minimum Gasteiger partial charge on any atom is -0.394 e. The van der Waals surface area contributed by atoms with Crippen LogP contribution in [0.5, 0.6) is 0 Å². The summed E-state index contributed by atoms with van der Waals surface area (Å²) in [6.45, 7) is -0.242. The van der Waals surface area contributed by atoms with Gasteiger partial charge >= 0.3 is 21.3 Å². The predicted octanol–water partition coefficient (Wildman–Crippen LogP) is -3.49. The summed E-state index contributed by atoms with van der Waals surface area (Å²) in [6, 6.07) is -1.62. The lowest BCUT2D eigenvalue weighted by Gasteiger charge is -2.40. The minimum absolute atomic E-state index is 0.178. The number of H-pyrrole nitrogens is 1. The maximum atomic E-state index is 13.0. The van der Waals surface area contributed by atoms with Crippen LogP contribution < -0.4 is 17.0 Å². The Hall–Kier alpha value is -1.34. The first kappa shape index (κ1) is 29.2. The maximum absolute atomic E-state index is 13.0. The van der Waals surface area contributed by atoms with Crippen molar-refractivity contribution in [1.82, 2.24) is 9.55 Å². The molecule has 0 amide bonds. The van der Waals surface area contributed by atoms with E-state index in [9.17, 15) is 39.1 Å². The number of nitrogens with zero attached hydrogens (tertiary/aromatic N) is 1. The monoisotopic (exact) mass is 563 g/mol. The van der Waals surface area contributed by atoms with Gasteiger partial charge in [-0.2, -0.15) is 4.31 Å². The van der Waals surface area contributed by atoms with Gasteiger partial charge in [-0.1, -0.05) is 0 Å². The Balaban J connectivity index is 1.75. The molecule has 3 heterocycles. The highest BCUT2D eigenvalue weighted by atomic mass is 31.3. The van der Waals surface area contributed by atoms with Gasteiger partial charge in [-0.3, -0.25) is 23.4 Å². The SMILES string of the molecule is Cc1cn([C@H]2CC(O)[C@@H](COP(=O)(O[C@@H]3O[C@H](CO)[C@@H](O)[C@H](O)[C@@H]3N)OP(=O)(O)O)O2)c(=O)[nH]c1=O. The number of ether oxygens (including phenoxy) is 2. The minimum atomic E-state index is -5.53. The smallest absolute Gasteiger partial charge is 0.394 e. The van der Waals surface area contributed by atoms with E-state index in [0.717, 1.165) is 4.57 Å². The highest BCUT2D eigenvalue weighted by molar-refractivity contribution is 7.61. The number of rotatable bonds is 9. The van der Waals surface area contributed by atoms with Gasteiger partial charge in [0.2, 0.25) is 0 Å². The third-order valence-electron chi connectivity index (χ3n) is 5.42. The van der Waals surface area contributed by atoms with Crippen LogP contribution in [0, 0.1) is 6.92 Å². The first-order chi connectivity index (χ1) is 16.6. The van der Waals surface area contributed by atoms with Crippen LogP contribution in [-0.2, 0) is 32.0 Å². The first-order valence-electron chi connectivity index (χ1n) is 10.4. The van der Waals surface area contributed by atoms with Gasteiger partial charge in [-0.15, -0.1) is 0 Å². The number of aliphatic hydroxyl groups is 4. The molecule has 18 nitrogen and oxygen atoms in total.